The van der Waals surface area contributed by atoms with Crippen LogP contribution in [-0.4, -0.2) is 5.97 Å². The third-order valence-corrected chi connectivity index (χ3v) is 5.74. The summed E-state index contributed by atoms with van der Waals surface area (Å²) in [5.74, 6) is -1.47. The van der Waals surface area contributed by atoms with Crippen LogP contribution in [0.1, 0.15) is 15.9 Å². The predicted molar refractivity (Wildman–Crippen MR) is 130 cm³/mol. The highest BCUT2D eigenvalue weighted by Gasteiger charge is 2.24. The minimum atomic E-state index is -1.06. The average Bonchev–Trinajstić information content (AvgIpc) is 2.81. The van der Waals surface area contributed by atoms with Crippen molar-refractivity contribution in [3.05, 3.63) is 109 Å². The Morgan fingerprint density at radius 1 is 0.912 bits per heavy atom. The first-order chi connectivity index (χ1) is 16.3. The van der Waals surface area contributed by atoms with Crippen LogP contribution in [0.2, 0.25) is 10.0 Å². The number of para-hydroxylation sites is 1. The zero-order valence-corrected chi connectivity index (χ0v) is 19.1. The average molecular weight is 493 g/mol. The van der Waals surface area contributed by atoms with Crippen LogP contribution < -0.4 is 15.8 Å². The highest BCUT2D eigenvalue weighted by atomic mass is 35.5. The predicted octanol–water partition coefficient (Wildman–Crippen LogP) is 6.40. The Bertz CT molecular complexity index is 1710. The van der Waals surface area contributed by atoms with Crippen molar-refractivity contribution in [2.75, 3.05) is 0 Å². The lowest BCUT2D eigenvalue weighted by Gasteiger charge is -2.11. The van der Waals surface area contributed by atoms with Gasteiger partial charge in [-0.25, -0.2) is 9.59 Å². The molecule has 0 aliphatic heterocycles. The van der Waals surface area contributed by atoms with Crippen LogP contribution in [0.4, 0.5) is 0 Å². The van der Waals surface area contributed by atoms with E-state index in [0.717, 1.165) is 5.56 Å². The third-order valence-electron chi connectivity index (χ3n) is 5.24. The Balaban J connectivity index is 1.71. The van der Waals surface area contributed by atoms with Crippen LogP contribution in [0, 0.1) is 6.92 Å². The van der Waals surface area contributed by atoms with Gasteiger partial charge in [-0.15, -0.1) is 0 Å². The smallest absolute Gasteiger partial charge is 0.351 e. The van der Waals surface area contributed by atoms with Gasteiger partial charge in [0.05, 0.1) is 10.4 Å². The summed E-state index contributed by atoms with van der Waals surface area (Å²) in [5.41, 5.74) is -0.0580. The zero-order chi connectivity index (χ0) is 24.0. The number of carbonyl (C=O) groups excluding carboxylic acids is 1. The lowest BCUT2D eigenvalue weighted by atomic mass is 10.1. The number of aryl methyl sites for hydroxylation is 1. The van der Waals surface area contributed by atoms with Gasteiger partial charge < -0.3 is 13.6 Å². The molecular formula is C26H14Cl2O6. The van der Waals surface area contributed by atoms with Gasteiger partial charge >= 0.3 is 11.6 Å². The topological polar surface area (TPSA) is 86.7 Å². The number of benzene rings is 3. The molecule has 2 heterocycles. The fraction of sp³-hybridized carbons (Fsp3) is 0.0385. The van der Waals surface area contributed by atoms with Gasteiger partial charge in [0.2, 0.25) is 11.2 Å². The van der Waals surface area contributed by atoms with Crippen LogP contribution in [0.25, 0.3) is 33.3 Å². The summed E-state index contributed by atoms with van der Waals surface area (Å²) in [7, 11) is 0. The lowest BCUT2D eigenvalue weighted by Crippen LogP contribution is -2.22. The van der Waals surface area contributed by atoms with Gasteiger partial charge in [0.15, 0.2) is 11.3 Å². The van der Waals surface area contributed by atoms with E-state index in [4.69, 9.17) is 36.8 Å². The lowest BCUT2D eigenvalue weighted by molar-refractivity contribution is 0.0727. The summed E-state index contributed by atoms with van der Waals surface area (Å²) >= 11 is 12.3. The van der Waals surface area contributed by atoms with Crippen molar-refractivity contribution in [3.63, 3.8) is 0 Å². The van der Waals surface area contributed by atoms with E-state index in [9.17, 15) is 14.4 Å². The van der Waals surface area contributed by atoms with E-state index in [1.54, 1.807) is 36.4 Å². The molecule has 34 heavy (non-hydrogen) atoms. The molecule has 0 atom stereocenters. The minimum Gasteiger partial charge on any atom is -0.450 e. The van der Waals surface area contributed by atoms with Crippen molar-refractivity contribution in [2.45, 2.75) is 6.92 Å². The maximum absolute atomic E-state index is 13.4. The van der Waals surface area contributed by atoms with Crippen molar-refractivity contribution in [1.82, 2.24) is 0 Å². The van der Waals surface area contributed by atoms with Crippen molar-refractivity contribution in [3.8, 4) is 17.1 Å². The second kappa shape index (κ2) is 8.48. The number of esters is 1. The van der Waals surface area contributed by atoms with E-state index in [-0.39, 0.29) is 32.3 Å². The highest BCUT2D eigenvalue weighted by molar-refractivity contribution is 6.38. The van der Waals surface area contributed by atoms with Crippen molar-refractivity contribution >= 4 is 51.1 Å². The maximum atomic E-state index is 13.4. The zero-order valence-electron chi connectivity index (χ0n) is 17.6. The monoisotopic (exact) mass is 492 g/mol. The first kappa shape index (κ1) is 21.9. The summed E-state index contributed by atoms with van der Waals surface area (Å²) in [6.45, 7) is 1.90. The summed E-state index contributed by atoms with van der Waals surface area (Å²) in [4.78, 5) is 38.9. The van der Waals surface area contributed by atoms with E-state index in [1.165, 1.54) is 18.2 Å². The molecule has 8 heteroatoms. The molecule has 0 spiro atoms. The van der Waals surface area contributed by atoms with Crippen molar-refractivity contribution in [2.24, 2.45) is 0 Å². The van der Waals surface area contributed by atoms with Gasteiger partial charge in [0, 0.05) is 16.0 Å². The molecule has 0 bridgehead atoms. The van der Waals surface area contributed by atoms with E-state index in [1.807, 2.05) is 19.1 Å². The number of halogens is 2. The van der Waals surface area contributed by atoms with Gasteiger partial charge in [-0.2, -0.15) is 0 Å². The molecule has 0 aliphatic carbocycles. The fourth-order valence-corrected chi connectivity index (χ4v) is 4.08. The summed E-state index contributed by atoms with van der Waals surface area (Å²) in [5, 5.41) is 0.889. The number of carbonyl (C=O) groups is 1. The second-order valence-corrected chi connectivity index (χ2v) is 8.44. The Morgan fingerprint density at radius 3 is 2.41 bits per heavy atom. The SMILES string of the molecule is Cc1ccc(-c2oc3c(Cl)cc(Cl)cc3c(=O)c2OC(=O)c2cc3ccccc3oc2=O)cc1. The van der Waals surface area contributed by atoms with Crippen LogP contribution in [0.3, 0.4) is 0 Å². The Hall–Kier alpha value is -3.87. The van der Waals surface area contributed by atoms with E-state index in [2.05, 4.69) is 0 Å². The number of hydrogen-bond acceptors (Lipinski definition) is 6. The van der Waals surface area contributed by atoms with Crippen molar-refractivity contribution < 1.29 is 18.4 Å². The molecule has 5 rings (SSSR count). The summed E-state index contributed by atoms with van der Waals surface area (Å²) < 4.78 is 16.6. The molecule has 0 saturated heterocycles. The fourth-order valence-electron chi connectivity index (χ4n) is 3.55. The quantitative estimate of drug-likeness (QED) is 0.214. The Labute approximate surface area is 201 Å². The molecule has 0 unspecified atom stereocenters. The Kier molecular flexibility index (Phi) is 5.48. The standard InChI is InChI=1S/C26H14Cl2O6/c1-13-6-8-14(9-7-13)22-24(21(29)17-11-16(27)12-19(28)23(17)33-22)34-26(31)18-10-15-4-2-3-5-20(15)32-25(18)30/h2-12H,1H3. The Morgan fingerprint density at radius 2 is 1.65 bits per heavy atom. The highest BCUT2D eigenvalue weighted by Crippen LogP contribution is 2.35. The first-order valence-corrected chi connectivity index (χ1v) is 10.9. The van der Waals surface area contributed by atoms with Gasteiger partial charge in [-0.1, -0.05) is 71.2 Å². The molecule has 5 aromatic rings. The van der Waals surface area contributed by atoms with E-state index in [0.29, 0.717) is 16.5 Å². The normalized spacial score (nSPS) is 11.1. The summed E-state index contributed by atoms with van der Waals surface area (Å²) in [6, 6.07) is 17.9. The number of fused-ring (bicyclic) bond motifs is 2. The minimum absolute atomic E-state index is 0.0137. The van der Waals surface area contributed by atoms with E-state index < -0.39 is 22.8 Å². The molecule has 6 nitrogen and oxygen atoms in total. The molecule has 0 aliphatic rings. The van der Waals surface area contributed by atoms with Crippen molar-refractivity contribution in [1.29, 1.82) is 0 Å². The number of ether oxygens (including phenoxy) is 1. The molecule has 0 radical (unpaired) electrons. The molecule has 0 N–H and O–H groups in total. The van der Waals surface area contributed by atoms with Crippen LogP contribution in [0.15, 0.2) is 85.2 Å². The molecule has 0 fully saturated rings. The number of rotatable bonds is 3. The van der Waals surface area contributed by atoms with Crippen LogP contribution >= 0.6 is 23.2 Å². The van der Waals surface area contributed by atoms with Gasteiger partial charge in [0.25, 0.3) is 0 Å². The molecule has 2 aromatic heterocycles. The van der Waals surface area contributed by atoms with E-state index >= 15 is 0 Å². The molecule has 3 aromatic carbocycles. The molecule has 0 saturated carbocycles. The van der Waals surface area contributed by atoms with Gasteiger partial charge in [0.1, 0.15) is 11.1 Å². The number of hydrogen-bond donors (Lipinski definition) is 0. The largest absolute Gasteiger partial charge is 0.450 e. The molecule has 0 amide bonds. The van der Waals surface area contributed by atoms with Crippen LogP contribution in [0.5, 0.6) is 5.75 Å². The first-order valence-electron chi connectivity index (χ1n) is 10.1. The second-order valence-electron chi connectivity index (χ2n) is 7.59. The maximum Gasteiger partial charge on any atom is 0.351 e. The third kappa shape index (κ3) is 3.87. The molecule has 168 valence electrons. The van der Waals surface area contributed by atoms with Crippen LogP contribution in [-0.2, 0) is 0 Å². The molecular weight excluding hydrogens is 479 g/mol. The van der Waals surface area contributed by atoms with Gasteiger partial charge in [-0.3, -0.25) is 4.79 Å². The van der Waals surface area contributed by atoms with Gasteiger partial charge in [-0.05, 0) is 31.2 Å². The summed E-state index contributed by atoms with van der Waals surface area (Å²) in [6.07, 6.45) is 0.